The topological polar surface area (TPSA) is 89.8 Å². The van der Waals surface area contributed by atoms with Gasteiger partial charge in [-0.05, 0) is 18.6 Å². The van der Waals surface area contributed by atoms with Gasteiger partial charge in [0.15, 0.2) is 0 Å². The molecule has 1 unspecified atom stereocenters. The van der Waals surface area contributed by atoms with Crippen LogP contribution in [0.4, 0.5) is 4.79 Å². The van der Waals surface area contributed by atoms with Crippen LogP contribution in [0.15, 0.2) is 53.1 Å². The third kappa shape index (κ3) is 2.51. The Morgan fingerprint density at radius 1 is 1.50 bits per heavy atom. The van der Waals surface area contributed by atoms with Gasteiger partial charge in [0.05, 0.1) is 12.4 Å². The zero-order valence-electron chi connectivity index (χ0n) is 11.9. The first kappa shape index (κ1) is 14.1. The van der Waals surface area contributed by atoms with E-state index in [1.807, 2.05) is 12.1 Å². The van der Waals surface area contributed by atoms with Crippen LogP contribution >= 0.6 is 0 Å². The summed E-state index contributed by atoms with van der Waals surface area (Å²) >= 11 is 0. The molecule has 1 aliphatic heterocycles. The van der Waals surface area contributed by atoms with Crippen molar-refractivity contribution in [3.05, 3.63) is 53.9 Å². The second-order valence-corrected chi connectivity index (χ2v) is 4.60. The number of nitrogens with one attached hydrogen (secondary N) is 1. The fourth-order valence-electron chi connectivity index (χ4n) is 2.27. The lowest BCUT2D eigenvalue weighted by Crippen LogP contribution is -2.49. The number of aliphatic hydroxyl groups is 1. The number of rotatable bonds is 3. The fourth-order valence-corrected chi connectivity index (χ4v) is 2.27. The van der Waals surface area contributed by atoms with E-state index in [1.54, 1.807) is 25.3 Å². The Morgan fingerprint density at radius 3 is 3.05 bits per heavy atom. The molecule has 0 saturated heterocycles. The number of hydrogen-bond donors (Lipinski definition) is 2. The first-order valence-electron chi connectivity index (χ1n) is 6.80. The molecule has 2 aliphatic rings. The van der Waals surface area contributed by atoms with E-state index in [0.29, 0.717) is 17.9 Å². The van der Waals surface area contributed by atoms with Crippen LogP contribution in [-0.2, 0) is 4.74 Å². The van der Waals surface area contributed by atoms with Crippen LogP contribution in [0, 0.1) is 0 Å². The maximum absolute atomic E-state index is 12.3. The molecule has 0 radical (unpaired) electrons. The highest BCUT2D eigenvalue weighted by Crippen LogP contribution is 2.35. The number of ether oxygens (including phenoxy) is 1. The first-order chi connectivity index (χ1) is 10.7. The lowest BCUT2D eigenvalue weighted by molar-refractivity contribution is -0.00934. The normalized spacial score (nSPS) is 18.5. The van der Waals surface area contributed by atoms with Gasteiger partial charge in [-0.1, -0.05) is 29.5 Å². The van der Waals surface area contributed by atoms with E-state index in [-0.39, 0.29) is 0 Å². The van der Waals surface area contributed by atoms with Crippen LogP contribution in [0.1, 0.15) is 24.2 Å². The number of fused-ring (bicyclic) bond motifs is 1. The Morgan fingerprint density at radius 2 is 2.32 bits per heavy atom. The Bertz CT molecular complexity index is 670. The maximum atomic E-state index is 12.3. The Balaban J connectivity index is 1.75. The highest BCUT2D eigenvalue weighted by molar-refractivity contribution is 5.80. The number of benzene rings is 1. The molecule has 2 N–H and O–H groups in total. The standard InChI is InChI=1S/C14H15N5O3/c1-2-18(19-8-7-15-16-17-19)14(21)22-13-9-12(20)10-5-3-4-6-11(10)13/h3-9,12,20H,2H2,1H3,(H,15,17). The van der Waals surface area contributed by atoms with Crippen molar-refractivity contribution in [3.63, 3.8) is 0 Å². The SMILES string of the molecule is CCN(C(=O)OC1=CC(O)c2ccccc21)N1C=CN=NN1. The lowest BCUT2D eigenvalue weighted by Gasteiger charge is -2.31. The van der Waals surface area contributed by atoms with Crippen LogP contribution in [0.3, 0.4) is 0 Å². The second kappa shape index (κ2) is 5.86. The van der Waals surface area contributed by atoms with Gasteiger partial charge in [-0.2, -0.15) is 15.7 Å². The molecule has 114 valence electrons. The molecule has 0 spiro atoms. The Labute approximate surface area is 126 Å². The zero-order chi connectivity index (χ0) is 15.5. The summed E-state index contributed by atoms with van der Waals surface area (Å²) in [6, 6.07) is 7.25. The van der Waals surface area contributed by atoms with Crippen molar-refractivity contribution in [1.82, 2.24) is 15.7 Å². The summed E-state index contributed by atoms with van der Waals surface area (Å²) in [5.74, 6) is 0.342. The van der Waals surface area contributed by atoms with Crippen LogP contribution in [0.5, 0.6) is 0 Å². The number of hydrogen-bond acceptors (Lipinski definition) is 7. The Hall–Kier alpha value is -2.87. The molecule has 8 heteroatoms. The molecule has 22 heavy (non-hydrogen) atoms. The van der Waals surface area contributed by atoms with E-state index in [2.05, 4.69) is 15.9 Å². The van der Waals surface area contributed by atoms with Gasteiger partial charge in [0.1, 0.15) is 11.9 Å². The number of nitrogens with zero attached hydrogens (tertiary/aromatic N) is 4. The molecule has 0 saturated carbocycles. The van der Waals surface area contributed by atoms with Gasteiger partial charge < -0.3 is 9.84 Å². The smallest absolute Gasteiger partial charge is 0.409 e. The molecule has 1 aromatic rings. The molecule has 0 aromatic heterocycles. The number of carbonyl (C=O) groups is 1. The van der Waals surface area contributed by atoms with E-state index in [4.69, 9.17) is 4.74 Å². The van der Waals surface area contributed by atoms with Crippen molar-refractivity contribution in [2.75, 3.05) is 6.54 Å². The summed E-state index contributed by atoms with van der Waals surface area (Å²) in [7, 11) is 0. The van der Waals surface area contributed by atoms with Gasteiger partial charge in [0.2, 0.25) is 0 Å². The Kier molecular flexibility index (Phi) is 3.75. The molecule has 8 nitrogen and oxygen atoms in total. The van der Waals surface area contributed by atoms with Gasteiger partial charge in [-0.25, -0.2) is 4.79 Å². The molecular weight excluding hydrogens is 286 g/mol. The van der Waals surface area contributed by atoms with Crippen LogP contribution < -0.4 is 5.53 Å². The molecule has 0 bridgehead atoms. The summed E-state index contributed by atoms with van der Waals surface area (Å²) in [4.78, 5) is 12.3. The molecule has 1 atom stereocenters. The van der Waals surface area contributed by atoms with Gasteiger partial charge in [0.25, 0.3) is 0 Å². The minimum Gasteiger partial charge on any atom is -0.409 e. The summed E-state index contributed by atoms with van der Waals surface area (Å²) in [5, 5.41) is 19.9. The van der Waals surface area contributed by atoms with Crippen molar-refractivity contribution < 1.29 is 14.6 Å². The van der Waals surface area contributed by atoms with E-state index in [0.717, 1.165) is 5.56 Å². The average molecular weight is 301 g/mol. The van der Waals surface area contributed by atoms with Gasteiger partial charge in [-0.3, -0.25) is 0 Å². The second-order valence-electron chi connectivity index (χ2n) is 4.60. The molecule has 0 fully saturated rings. The number of hydrazine groups is 2. The van der Waals surface area contributed by atoms with Crippen molar-refractivity contribution >= 4 is 11.9 Å². The highest BCUT2D eigenvalue weighted by Gasteiger charge is 2.27. The number of aliphatic hydroxyl groups excluding tert-OH is 1. The van der Waals surface area contributed by atoms with Gasteiger partial charge >= 0.3 is 6.09 Å². The summed E-state index contributed by atoms with van der Waals surface area (Å²) in [6.45, 7) is 2.16. The summed E-state index contributed by atoms with van der Waals surface area (Å²) in [6.07, 6.45) is 3.14. The minimum absolute atomic E-state index is 0.342. The van der Waals surface area contributed by atoms with Gasteiger partial charge in [0, 0.05) is 12.1 Å². The van der Waals surface area contributed by atoms with Crippen molar-refractivity contribution in [1.29, 1.82) is 0 Å². The quantitative estimate of drug-likeness (QED) is 0.892. The average Bonchev–Trinajstić information content (AvgIpc) is 2.86. The predicted molar refractivity (Wildman–Crippen MR) is 77.2 cm³/mol. The monoisotopic (exact) mass is 301 g/mol. The predicted octanol–water partition coefficient (Wildman–Crippen LogP) is 2.11. The minimum atomic E-state index is -0.768. The lowest BCUT2D eigenvalue weighted by atomic mass is 10.1. The molecule has 1 aliphatic carbocycles. The van der Waals surface area contributed by atoms with Gasteiger partial charge in [-0.15, -0.1) is 5.11 Å². The maximum Gasteiger partial charge on any atom is 0.435 e. The van der Waals surface area contributed by atoms with Crippen LogP contribution in [0.25, 0.3) is 5.76 Å². The van der Waals surface area contributed by atoms with E-state index in [1.165, 1.54) is 22.4 Å². The molecule has 1 heterocycles. The summed E-state index contributed by atoms with van der Waals surface area (Å²) < 4.78 is 5.41. The largest absolute Gasteiger partial charge is 0.435 e. The molecule has 1 aromatic carbocycles. The van der Waals surface area contributed by atoms with Crippen LogP contribution in [0.2, 0.25) is 0 Å². The highest BCUT2D eigenvalue weighted by atomic mass is 16.6. The number of carbonyl (C=O) groups excluding carboxylic acids is 1. The summed E-state index contributed by atoms with van der Waals surface area (Å²) in [5.41, 5.74) is 3.99. The van der Waals surface area contributed by atoms with Crippen molar-refractivity contribution in [2.24, 2.45) is 10.3 Å². The fraction of sp³-hybridized carbons (Fsp3) is 0.214. The third-order valence-electron chi connectivity index (χ3n) is 3.30. The van der Waals surface area contributed by atoms with Crippen molar-refractivity contribution in [3.8, 4) is 0 Å². The first-order valence-corrected chi connectivity index (χ1v) is 6.80. The third-order valence-corrected chi connectivity index (χ3v) is 3.30. The molecule has 3 rings (SSSR count). The zero-order valence-corrected chi connectivity index (χ0v) is 11.9. The number of amides is 1. The molecule has 1 amide bonds. The van der Waals surface area contributed by atoms with E-state index >= 15 is 0 Å². The van der Waals surface area contributed by atoms with Crippen LogP contribution in [-0.4, -0.2) is 27.9 Å². The molecular formula is C14H15N5O3. The van der Waals surface area contributed by atoms with E-state index in [9.17, 15) is 9.90 Å². The van der Waals surface area contributed by atoms with E-state index < -0.39 is 12.2 Å². The van der Waals surface area contributed by atoms with Crippen molar-refractivity contribution in [2.45, 2.75) is 13.0 Å².